The molecule has 1 saturated heterocycles. The van der Waals surface area contributed by atoms with Crippen molar-refractivity contribution in [3.8, 4) is 0 Å². The van der Waals surface area contributed by atoms with Gasteiger partial charge in [0.05, 0.1) is 6.04 Å². The van der Waals surface area contributed by atoms with Crippen LogP contribution in [0.5, 0.6) is 0 Å². The van der Waals surface area contributed by atoms with E-state index in [-0.39, 0.29) is 0 Å². The summed E-state index contributed by atoms with van der Waals surface area (Å²) in [5.41, 5.74) is 0.432. The molecule has 3 fully saturated rings. The first-order valence-corrected chi connectivity index (χ1v) is 8.27. The third-order valence-corrected chi connectivity index (χ3v) is 5.67. The Morgan fingerprint density at radius 1 is 1.41 bits per heavy atom. The SMILES string of the molecule is CCC(CC1CC1)N=C1NC2(CCCC2)CS1. The molecule has 3 aliphatic rings. The molecule has 0 aromatic rings. The van der Waals surface area contributed by atoms with Crippen LogP contribution in [0.1, 0.15) is 58.3 Å². The summed E-state index contributed by atoms with van der Waals surface area (Å²) in [6, 6.07) is 0.578. The van der Waals surface area contributed by atoms with E-state index < -0.39 is 0 Å². The van der Waals surface area contributed by atoms with Gasteiger partial charge in [-0.25, -0.2) is 0 Å². The molecule has 1 unspecified atom stereocenters. The fraction of sp³-hybridized carbons (Fsp3) is 0.929. The van der Waals surface area contributed by atoms with E-state index in [4.69, 9.17) is 4.99 Å². The maximum Gasteiger partial charge on any atom is 0.157 e. The first kappa shape index (κ1) is 11.9. The van der Waals surface area contributed by atoms with Crippen molar-refractivity contribution in [2.24, 2.45) is 10.9 Å². The van der Waals surface area contributed by atoms with E-state index in [2.05, 4.69) is 12.2 Å². The molecule has 96 valence electrons. The van der Waals surface area contributed by atoms with Crippen molar-refractivity contribution >= 4 is 16.9 Å². The van der Waals surface area contributed by atoms with Gasteiger partial charge in [0.2, 0.25) is 0 Å². The van der Waals surface area contributed by atoms with Gasteiger partial charge in [0.25, 0.3) is 0 Å². The summed E-state index contributed by atoms with van der Waals surface area (Å²) in [4.78, 5) is 4.96. The van der Waals surface area contributed by atoms with E-state index in [1.54, 1.807) is 0 Å². The largest absolute Gasteiger partial charge is 0.359 e. The predicted molar refractivity (Wildman–Crippen MR) is 75.6 cm³/mol. The molecule has 0 bridgehead atoms. The summed E-state index contributed by atoms with van der Waals surface area (Å²) < 4.78 is 0. The maximum absolute atomic E-state index is 4.96. The van der Waals surface area contributed by atoms with Crippen LogP contribution < -0.4 is 5.32 Å². The van der Waals surface area contributed by atoms with Crippen LogP contribution in [-0.4, -0.2) is 22.5 Å². The highest BCUT2D eigenvalue weighted by molar-refractivity contribution is 8.14. The second-order valence-corrected chi connectivity index (χ2v) is 7.04. The van der Waals surface area contributed by atoms with Gasteiger partial charge < -0.3 is 5.32 Å². The highest BCUT2D eigenvalue weighted by atomic mass is 32.2. The molecule has 1 atom stereocenters. The third-order valence-electron chi connectivity index (χ3n) is 4.49. The molecule has 0 amide bonds. The fourth-order valence-corrected chi connectivity index (χ4v) is 4.40. The summed E-state index contributed by atoms with van der Waals surface area (Å²) in [6.45, 7) is 2.28. The molecule has 2 saturated carbocycles. The van der Waals surface area contributed by atoms with Crippen molar-refractivity contribution in [2.45, 2.75) is 69.9 Å². The lowest BCUT2D eigenvalue weighted by atomic mass is 10.0. The average Bonchev–Trinajstić information content (AvgIpc) is 2.89. The minimum absolute atomic E-state index is 0.432. The predicted octanol–water partition coefficient (Wildman–Crippen LogP) is 3.57. The van der Waals surface area contributed by atoms with Crippen LogP contribution in [0.4, 0.5) is 0 Å². The Kier molecular flexibility index (Phi) is 3.38. The standard InChI is InChI=1S/C14H24N2S/c1-2-12(9-11-5-6-11)15-13-16-14(10-17-13)7-3-4-8-14/h11-12H,2-10H2,1H3,(H,15,16). The van der Waals surface area contributed by atoms with Gasteiger partial charge in [0.15, 0.2) is 5.17 Å². The minimum Gasteiger partial charge on any atom is -0.359 e. The van der Waals surface area contributed by atoms with Gasteiger partial charge in [0.1, 0.15) is 0 Å². The van der Waals surface area contributed by atoms with Crippen LogP contribution in [-0.2, 0) is 0 Å². The van der Waals surface area contributed by atoms with Crippen LogP contribution in [0.15, 0.2) is 4.99 Å². The second kappa shape index (κ2) is 4.83. The molecule has 3 heteroatoms. The Hall–Kier alpha value is -0.180. The highest BCUT2D eigenvalue weighted by Crippen LogP contribution is 2.38. The number of rotatable bonds is 4. The number of nitrogens with zero attached hydrogens (tertiary/aromatic N) is 1. The number of thioether (sulfide) groups is 1. The molecule has 17 heavy (non-hydrogen) atoms. The van der Waals surface area contributed by atoms with Crippen molar-refractivity contribution in [3.05, 3.63) is 0 Å². The molecule has 1 aliphatic heterocycles. The number of hydrogen-bond acceptors (Lipinski definition) is 2. The van der Waals surface area contributed by atoms with Gasteiger partial charge in [-0.15, -0.1) is 0 Å². The molecule has 1 heterocycles. The Bertz CT molecular complexity index is 303. The first-order chi connectivity index (χ1) is 8.30. The molecule has 3 rings (SSSR count). The normalized spacial score (nSPS) is 31.0. The van der Waals surface area contributed by atoms with E-state index in [1.807, 2.05) is 11.8 Å². The molecular formula is C14H24N2S. The zero-order chi connectivity index (χ0) is 11.7. The van der Waals surface area contributed by atoms with E-state index in [0.717, 1.165) is 5.92 Å². The van der Waals surface area contributed by atoms with Crippen LogP contribution in [0.3, 0.4) is 0 Å². The highest BCUT2D eigenvalue weighted by Gasteiger charge is 2.39. The Labute approximate surface area is 109 Å². The zero-order valence-corrected chi connectivity index (χ0v) is 11.7. The van der Waals surface area contributed by atoms with Crippen molar-refractivity contribution in [3.63, 3.8) is 0 Å². The Morgan fingerprint density at radius 2 is 2.18 bits per heavy atom. The summed E-state index contributed by atoms with van der Waals surface area (Å²) in [5.74, 6) is 2.25. The van der Waals surface area contributed by atoms with E-state index in [0.29, 0.717) is 11.6 Å². The number of nitrogens with one attached hydrogen (secondary N) is 1. The topological polar surface area (TPSA) is 24.4 Å². The minimum atomic E-state index is 0.432. The van der Waals surface area contributed by atoms with E-state index in [1.165, 1.54) is 62.3 Å². The Morgan fingerprint density at radius 3 is 2.82 bits per heavy atom. The van der Waals surface area contributed by atoms with Crippen molar-refractivity contribution < 1.29 is 0 Å². The zero-order valence-electron chi connectivity index (χ0n) is 10.9. The lowest BCUT2D eigenvalue weighted by Gasteiger charge is -2.22. The molecule has 0 aromatic heterocycles. The molecule has 2 aliphatic carbocycles. The van der Waals surface area contributed by atoms with Gasteiger partial charge in [-0.1, -0.05) is 44.4 Å². The fourth-order valence-electron chi connectivity index (χ4n) is 3.11. The second-order valence-electron chi connectivity index (χ2n) is 6.08. The van der Waals surface area contributed by atoms with Gasteiger partial charge >= 0.3 is 0 Å². The van der Waals surface area contributed by atoms with Gasteiger partial charge in [-0.3, -0.25) is 4.99 Å². The van der Waals surface area contributed by atoms with Crippen LogP contribution in [0.2, 0.25) is 0 Å². The summed E-state index contributed by atoms with van der Waals surface area (Å²) >= 11 is 1.97. The Balaban J connectivity index is 1.59. The maximum atomic E-state index is 4.96. The van der Waals surface area contributed by atoms with E-state index in [9.17, 15) is 0 Å². The molecule has 2 nitrogen and oxygen atoms in total. The first-order valence-electron chi connectivity index (χ1n) is 7.28. The van der Waals surface area contributed by atoms with Crippen molar-refractivity contribution in [1.29, 1.82) is 0 Å². The smallest absolute Gasteiger partial charge is 0.157 e. The summed E-state index contributed by atoms with van der Waals surface area (Å²) in [7, 11) is 0. The summed E-state index contributed by atoms with van der Waals surface area (Å²) in [6.07, 6.45) is 11.0. The van der Waals surface area contributed by atoms with Crippen LogP contribution in [0.25, 0.3) is 0 Å². The van der Waals surface area contributed by atoms with Crippen LogP contribution in [0, 0.1) is 5.92 Å². The van der Waals surface area contributed by atoms with Crippen LogP contribution >= 0.6 is 11.8 Å². The summed E-state index contributed by atoms with van der Waals surface area (Å²) in [5, 5.41) is 4.99. The molecule has 1 N–H and O–H groups in total. The molecular weight excluding hydrogens is 228 g/mol. The quantitative estimate of drug-likeness (QED) is 0.827. The van der Waals surface area contributed by atoms with E-state index >= 15 is 0 Å². The van der Waals surface area contributed by atoms with Gasteiger partial charge in [-0.05, 0) is 31.6 Å². The molecule has 1 spiro atoms. The molecule has 0 aromatic carbocycles. The van der Waals surface area contributed by atoms with Gasteiger partial charge in [-0.2, -0.15) is 0 Å². The lowest BCUT2D eigenvalue weighted by Crippen LogP contribution is -2.40. The third kappa shape index (κ3) is 2.81. The number of aliphatic imine (C=N–C) groups is 1. The average molecular weight is 252 g/mol. The number of amidine groups is 1. The van der Waals surface area contributed by atoms with Crippen molar-refractivity contribution in [2.75, 3.05) is 5.75 Å². The molecule has 0 radical (unpaired) electrons. The van der Waals surface area contributed by atoms with Crippen molar-refractivity contribution in [1.82, 2.24) is 5.32 Å². The lowest BCUT2D eigenvalue weighted by molar-refractivity contribution is 0.450. The van der Waals surface area contributed by atoms with Gasteiger partial charge in [0, 0.05) is 11.3 Å². The number of hydrogen-bond donors (Lipinski definition) is 1. The monoisotopic (exact) mass is 252 g/mol.